The van der Waals surface area contributed by atoms with E-state index in [0.717, 1.165) is 55.8 Å². The molecule has 1 aromatic carbocycles. The third-order valence-electron chi connectivity index (χ3n) is 9.06. The number of hydrogen-bond acceptors (Lipinski definition) is 9. The van der Waals surface area contributed by atoms with Crippen molar-refractivity contribution in [1.29, 1.82) is 0 Å². The fraction of sp³-hybridized carbons (Fsp3) is 0.577. The van der Waals surface area contributed by atoms with E-state index in [1.54, 1.807) is 13.3 Å². The Bertz CT molecular complexity index is 1220. The number of morpholine rings is 1. The van der Waals surface area contributed by atoms with E-state index in [4.69, 9.17) is 26.1 Å². The Morgan fingerprint density at radius 2 is 2.11 bits per heavy atom. The second-order valence-corrected chi connectivity index (χ2v) is 11.3. The number of ether oxygens (including phenoxy) is 2. The second-order valence-electron chi connectivity index (χ2n) is 10.9. The van der Waals surface area contributed by atoms with Crippen molar-refractivity contribution in [3.63, 3.8) is 0 Å². The SMILES string of the molecule is COc1ccc2c(c1)[C@]1(C[C@H]1C1CCC3C(C1)NNC3Nc1nc(N3CCOCC3)ncc1Cl)C(=O)N2. The average molecular weight is 526 g/mol. The van der Waals surface area contributed by atoms with E-state index < -0.39 is 5.41 Å². The first kappa shape index (κ1) is 23.5. The van der Waals surface area contributed by atoms with Crippen LogP contribution in [0.25, 0.3) is 0 Å². The second kappa shape index (κ2) is 8.97. The fourth-order valence-electron chi connectivity index (χ4n) is 7.04. The van der Waals surface area contributed by atoms with E-state index >= 15 is 0 Å². The number of rotatable bonds is 5. The van der Waals surface area contributed by atoms with Gasteiger partial charge in [0.1, 0.15) is 10.8 Å². The number of halogens is 1. The van der Waals surface area contributed by atoms with Gasteiger partial charge in [-0.1, -0.05) is 11.6 Å². The van der Waals surface area contributed by atoms with Crippen LogP contribution in [0.1, 0.15) is 31.2 Å². The van der Waals surface area contributed by atoms with Crippen molar-refractivity contribution in [2.75, 3.05) is 48.9 Å². The zero-order valence-electron chi connectivity index (χ0n) is 20.8. The summed E-state index contributed by atoms with van der Waals surface area (Å²) < 4.78 is 10.9. The molecule has 1 aromatic heterocycles. The number of nitrogens with one attached hydrogen (secondary N) is 4. The van der Waals surface area contributed by atoms with E-state index in [-0.39, 0.29) is 12.1 Å². The topological polar surface area (TPSA) is 113 Å². The van der Waals surface area contributed by atoms with Crippen LogP contribution in [-0.4, -0.2) is 61.5 Å². The first-order chi connectivity index (χ1) is 18.1. The highest BCUT2D eigenvalue weighted by atomic mass is 35.5. The van der Waals surface area contributed by atoms with Crippen molar-refractivity contribution >= 4 is 35.0 Å². The van der Waals surface area contributed by atoms with Gasteiger partial charge < -0.3 is 25.0 Å². The van der Waals surface area contributed by atoms with Crippen LogP contribution in [0.4, 0.5) is 17.5 Å². The molecule has 4 fully saturated rings. The number of hydrogen-bond donors (Lipinski definition) is 4. The smallest absolute Gasteiger partial charge is 0.235 e. The molecular formula is C26H32ClN7O3. The summed E-state index contributed by atoms with van der Waals surface area (Å²) in [6.45, 7) is 2.90. The number of carbonyl (C=O) groups excluding carboxylic acids is 1. The Morgan fingerprint density at radius 1 is 1.24 bits per heavy atom. The maximum atomic E-state index is 13.1. The zero-order valence-corrected chi connectivity index (χ0v) is 21.6. The Labute approximate surface area is 220 Å². The van der Waals surface area contributed by atoms with E-state index in [0.29, 0.717) is 53.8 Å². The van der Waals surface area contributed by atoms with Gasteiger partial charge in [0.2, 0.25) is 11.9 Å². The number of aromatic nitrogens is 2. The predicted molar refractivity (Wildman–Crippen MR) is 140 cm³/mol. The minimum atomic E-state index is -0.393. The molecule has 6 atom stereocenters. The highest BCUT2D eigenvalue weighted by Crippen LogP contribution is 2.65. The van der Waals surface area contributed by atoms with Crippen LogP contribution < -0.4 is 31.1 Å². The van der Waals surface area contributed by atoms with Gasteiger partial charge in [0.05, 0.1) is 38.1 Å². The number of nitrogens with zero attached hydrogens (tertiary/aromatic N) is 3. The standard InChI is InChI=1S/C26H32ClN7O3/c1-36-15-3-5-20-17(11-15)26(24(35)29-20)12-18(26)14-2-4-16-21(10-14)32-33-22(16)30-23-19(27)13-28-25(31-23)34-6-8-37-9-7-34/h3,5,11,13-14,16,18,21-22,32-33H,2,4,6-10,12H2,1H3,(H,29,35)(H,28,30,31)/t14?,16?,18-,21?,22?,26-/m0/s1. The minimum absolute atomic E-state index is 0.0174. The van der Waals surface area contributed by atoms with Crippen LogP contribution in [0.15, 0.2) is 24.4 Å². The molecule has 4 unspecified atom stereocenters. The molecule has 2 aromatic rings. The maximum absolute atomic E-state index is 13.1. The fourth-order valence-corrected chi connectivity index (χ4v) is 7.18. The Kier molecular flexibility index (Phi) is 5.69. The van der Waals surface area contributed by atoms with Crippen LogP contribution >= 0.6 is 11.6 Å². The highest BCUT2D eigenvalue weighted by Gasteiger charge is 2.67. The normalized spacial score (nSPS) is 34.2. The molecular weight excluding hydrogens is 494 g/mol. The van der Waals surface area contributed by atoms with Gasteiger partial charge in [-0.2, -0.15) is 4.98 Å². The lowest BCUT2D eigenvalue weighted by atomic mass is 9.74. The van der Waals surface area contributed by atoms with Gasteiger partial charge in [-0.15, -0.1) is 0 Å². The number of benzene rings is 1. The summed E-state index contributed by atoms with van der Waals surface area (Å²) in [5, 5.41) is 7.16. The lowest BCUT2D eigenvalue weighted by Gasteiger charge is -2.34. The summed E-state index contributed by atoms with van der Waals surface area (Å²) in [6, 6.07) is 6.25. The molecule has 2 aliphatic carbocycles. The number of hydrazine groups is 1. The molecule has 196 valence electrons. The molecule has 37 heavy (non-hydrogen) atoms. The summed E-state index contributed by atoms with van der Waals surface area (Å²) in [4.78, 5) is 24.4. The quantitative estimate of drug-likeness (QED) is 0.467. The molecule has 1 spiro atoms. The van der Waals surface area contributed by atoms with Crippen molar-refractivity contribution in [1.82, 2.24) is 20.8 Å². The van der Waals surface area contributed by atoms with Crippen LogP contribution in [0.2, 0.25) is 5.02 Å². The van der Waals surface area contributed by atoms with E-state index in [9.17, 15) is 4.79 Å². The van der Waals surface area contributed by atoms with Gasteiger partial charge in [-0.25, -0.2) is 10.4 Å². The van der Waals surface area contributed by atoms with Crippen LogP contribution in [0.3, 0.4) is 0 Å². The van der Waals surface area contributed by atoms with Gasteiger partial charge in [0.15, 0.2) is 5.82 Å². The zero-order chi connectivity index (χ0) is 25.1. The van der Waals surface area contributed by atoms with Gasteiger partial charge in [0, 0.05) is 30.7 Å². The molecule has 7 rings (SSSR count). The Hall–Kier alpha value is -2.66. The third-order valence-corrected chi connectivity index (χ3v) is 9.34. The number of carbonyl (C=O) groups is 1. The molecule has 2 saturated heterocycles. The van der Waals surface area contributed by atoms with Gasteiger partial charge in [-0.05, 0) is 61.3 Å². The van der Waals surface area contributed by atoms with Crippen molar-refractivity contribution in [2.24, 2.45) is 17.8 Å². The molecule has 0 bridgehead atoms. The van der Waals surface area contributed by atoms with Crippen molar-refractivity contribution in [3.8, 4) is 5.75 Å². The number of anilines is 3. The first-order valence-corrected chi connectivity index (χ1v) is 13.6. The summed E-state index contributed by atoms with van der Waals surface area (Å²) >= 11 is 6.48. The van der Waals surface area contributed by atoms with Crippen molar-refractivity contribution < 1.29 is 14.3 Å². The van der Waals surface area contributed by atoms with E-state index in [2.05, 4.69) is 31.4 Å². The molecule has 5 aliphatic rings. The summed E-state index contributed by atoms with van der Waals surface area (Å²) in [5.74, 6) is 3.53. The van der Waals surface area contributed by atoms with Crippen molar-refractivity contribution in [3.05, 3.63) is 35.0 Å². The molecule has 11 heteroatoms. The Balaban J connectivity index is 1.03. The third kappa shape index (κ3) is 3.84. The van der Waals surface area contributed by atoms with E-state index in [1.165, 1.54) is 0 Å². The molecule has 10 nitrogen and oxygen atoms in total. The van der Waals surface area contributed by atoms with Gasteiger partial charge in [-0.3, -0.25) is 10.2 Å². The Morgan fingerprint density at radius 3 is 2.95 bits per heavy atom. The molecule has 4 heterocycles. The molecule has 1 amide bonds. The number of fused-ring (bicyclic) bond motifs is 3. The molecule has 2 saturated carbocycles. The van der Waals surface area contributed by atoms with Gasteiger partial charge in [0.25, 0.3) is 0 Å². The minimum Gasteiger partial charge on any atom is -0.497 e. The average Bonchev–Trinajstić information content (AvgIpc) is 3.48. The number of methoxy groups -OCH3 is 1. The summed E-state index contributed by atoms with van der Waals surface area (Å²) in [6.07, 6.45) is 5.79. The first-order valence-electron chi connectivity index (χ1n) is 13.2. The van der Waals surface area contributed by atoms with E-state index in [1.807, 2.05) is 18.2 Å². The van der Waals surface area contributed by atoms with Crippen LogP contribution in [-0.2, 0) is 14.9 Å². The maximum Gasteiger partial charge on any atom is 0.235 e. The summed E-state index contributed by atoms with van der Waals surface area (Å²) in [7, 11) is 1.67. The lowest BCUT2D eigenvalue weighted by Crippen LogP contribution is -2.40. The molecule has 4 N–H and O–H groups in total. The predicted octanol–water partition coefficient (Wildman–Crippen LogP) is 2.52. The lowest BCUT2D eigenvalue weighted by molar-refractivity contribution is -0.118. The highest BCUT2D eigenvalue weighted by molar-refractivity contribution is 6.32. The monoisotopic (exact) mass is 525 g/mol. The van der Waals surface area contributed by atoms with Crippen LogP contribution in [0, 0.1) is 17.8 Å². The molecule has 0 radical (unpaired) electrons. The summed E-state index contributed by atoms with van der Waals surface area (Å²) in [5.41, 5.74) is 8.61. The number of amides is 1. The van der Waals surface area contributed by atoms with Gasteiger partial charge >= 0.3 is 0 Å². The molecule has 3 aliphatic heterocycles. The van der Waals surface area contributed by atoms with Crippen molar-refractivity contribution in [2.45, 2.75) is 43.3 Å². The van der Waals surface area contributed by atoms with Crippen LogP contribution in [0.5, 0.6) is 5.75 Å². The largest absolute Gasteiger partial charge is 0.497 e.